The highest BCUT2D eigenvalue weighted by molar-refractivity contribution is 6.05. The summed E-state index contributed by atoms with van der Waals surface area (Å²) in [6.07, 6.45) is 13.1. The molecule has 17 nitrogen and oxygen atoms in total. The van der Waals surface area contributed by atoms with Crippen LogP contribution in [0.4, 0.5) is 21.9 Å². The van der Waals surface area contributed by atoms with Crippen LogP contribution in [0.3, 0.4) is 0 Å². The average Bonchev–Trinajstić information content (AvgIpc) is 4.04. The van der Waals surface area contributed by atoms with E-state index in [9.17, 15) is 14.9 Å². The Morgan fingerprint density at radius 3 is 2.60 bits per heavy atom. The van der Waals surface area contributed by atoms with Gasteiger partial charge in [0.25, 0.3) is 0 Å². The van der Waals surface area contributed by atoms with Crippen LogP contribution < -0.4 is 26.2 Å². The van der Waals surface area contributed by atoms with Crippen molar-refractivity contribution in [2.75, 3.05) is 54.5 Å². The highest BCUT2D eigenvalue weighted by atomic mass is 16.5. The fourth-order valence-corrected chi connectivity index (χ4v) is 9.02. The second-order valence-corrected chi connectivity index (χ2v) is 15.8. The molecule has 4 aliphatic rings. The summed E-state index contributed by atoms with van der Waals surface area (Å²) < 4.78 is 9.49. The second-order valence-electron chi connectivity index (χ2n) is 15.8. The number of amides is 3. The first-order valence-corrected chi connectivity index (χ1v) is 20.3. The Morgan fingerprint density at radius 1 is 1.00 bits per heavy atom. The Morgan fingerprint density at radius 2 is 1.81 bits per heavy atom. The number of nitrogens with zero attached hydrogens (tertiary/aromatic N) is 11. The van der Waals surface area contributed by atoms with Gasteiger partial charge in [0, 0.05) is 67.5 Å². The van der Waals surface area contributed by atoms with E-state index in [4.69, 9.17) is 15.5 Å². The molecule has 4 N–H and O–H groups in total. The standard InChI is InChI=1S/C41H48N14O3/c1-26(18-42)47-33-17-38(55-40-30(21-46-55)16-28(19-43)20-45-40)44-22-35(33)54-23-34(49-50-54)29-4-2-27(3-5-29)10-12-51-14-15-52(37-25-58-24-36(37)51)31-6-8-32(9-7-31)53-13-11-39(56)48-41(53)57/h6-9,16-17,20-23,26-27,29,36-37H,2-5,10-15,19,24-25,43H2,1H3,(H,44,47)(H,48,56,57)/t26-,27?,29?,36-,37+/m1/s1. The lowest BCUT2D eigenvalue weighted by Gasteiger charge is -2.45. The largest absolute Gasteiger partial charge is 0.378 e. The third kappa shape index (κ3) is 7.46. The third-order valence-electron chi connectivity index (χ3n) is 12.3. The van der Waals surface area contributed by atoms with Crippen LogP contribution in [0.15, 0.2) is 61.2 Å². The number of hydrogen-bond donors (Lipinski definition) is 3. The molecule has 4 fully saturated rings. The zero-order valence-corrected chi connectivity index (χ0v) is 32.6. The Bertz CT molecular complexity index is 2330. The molecule has 7 heterocycles. The van der Waals surface area contributed by atoms with Crippen LogP contribution in [0.1, 0.15) is 62.6 Å². The zero-order valence-electron chi connectivity index (χ0n) is 32.6. The van der Waals surface area contributed by atoms with Crippen molar-refractivity contribution in [3.8, 4) is 17.6 Å². The lowest BCUT2D eigenvalue weighted by molar-refractivity contribution is -0.120. The molecule has 3 atom stereocenters. The van der Waals surface area contributed by atoms with Crippen molar-refractivity contribution < 1.29 is 14.3 Å². The van der Waals surface area contributed by atoms with Crippen molar-refractivity contribution in [2.24, 2.45) is 11.7 Å². The van der Waals surface area contributed by atoms with Crippen LogP contribution in [-0.2, 0) is 16.1 Å². The van der Waals surface area contributed by atoms with E-state index < -0.39 is 6.04 Å². The number of nitrogens with one attached hydrogen (secondary N) is 2. The predicted octanol–water partition coefficient (Wildman–Crippen LogP) is 3.88. The molecule has 1 aliphatic carbocycles. The van der Waals surface area contributed by atoms with E-state index in [1.807, 2.05) is 30.5 Å². The van der Waals surface area contributed by atoms with E-state index >= 15 is 0 Å². The third-order valence-corrected chi connectivity index (χ3v) is 12.3. The molecule has 4 aromatic heterocycles. The summed E-state index contributed by atoms with van der Waals surface area (Å²) >= 11 is 0. The number of nitriles is 1. The highest BCUT2D eigenvalue weighted by Crippen LogP contribution is 2.38. The first-order valence-electron chi connectivity index (χ1n) is 20.3. The summed E-state index contributed by atoms with van der Waals surface area (Å²) in [7, 11) is 0. The van der Waals surface area contributed by atoms with Gasteiger partial charge < -0.3 is 20.7 Å². The van der Waals surface area contributed by atoms with Crippen molar-refractivity contribution in [3.05, 3.63) is 72.4 Å². The number of carbonyl (C=O) groups is 2. The molecule has 58 heavy (non-hydrogen) atoms. The lowest BCUT2D eigenvalue weighted by atomic mass is 9.79. The van der Waals surface area contributed by atoms with Gasteiger partial charge >= 0.3 is 6.03 Å². The summed E-state index contributed by atoms with van der Waals surface area (Å²) in [5, 5.41) is 29.9. The van der Waals surface area contributed by atoms with Gasteiger partial charge in [-0.15, -0.1) is 5.10 Å². The molecule has 0 unspecified atom stereocenters. The molecule has 3 amide bonds. The number of benzene rings is 1. The van der Waals surface area contributed by atoms with Crippen LogP contribution in [-0.4, -0.2) is 109 Å². The van der Waals surface area contributed by atoms with Gasteiger partial charge in [-0.3, -0.25) is 19.9 Å². The number of piperazine rings is 1. The summed E-state index contributed by atoms with van der Waals surface area (Å²) in [6, 6.07) is 14.0. The molecule has 0 radical (unpaired) electrons. The molecular weight excluding hydrogens is 737 g/mol. The SMILES string of the molecule is C[C@H](C#N)Nc1cc(-n2ncc3cc(CN)cnc32)ncc1-n1cc(C2CCC(CCN3CCN(c4ccc(N5CCC(=O)NC5=O)cc4)[C@H]4COC[C@H]43)CC2)nn1. The zero-order chi connectivity index (χ0) is 39.8. The van der Waals surface area contributed by atoms with Crippen molar-refractivity contribution in [1.29, 1.82) is 5.26 Å². The van der Waals surface area contributed by atoms with E-state index in [1.54, 1.807) is 39.8 Å². The van der Waals surface area contributed by atoms with Crippen LogP contribution in [0, 0.1) is 17.2 Å². The smallest absolute Gasteiger partial charge is 0.328 e. The number of pyridine rings is 2. The van der Waals surface area contributed by atoms with Crippen LogP contribution in [0.2, 0.25) is 0 Å². The molecule has 3 aliphatic heterocycles. The topological polar surface area (TPSA) is 201 Å². The van der Waals surface area contributed by atoms with Crippen molar-refractivity contribution >= 4 is 40.0 Å². The average molecular weight is 785 g/mol. The highest BCUT2D eigenvalue weighted by Gasteiger charge is 2.41. The summed E-state index contributed by atoms with van der Waals surface area (Å²) in [5.74, 6) is 1.33. The van der Waals surface area contributed by atoms with E-state index in [0.29, 0.717) is 66.8 Å². The monoisotopic (exact) mass is 784 g/mol. The number of urea groups is 1. The molecule has 1 saturated carbocycles. The molecule has 5 aromatic rings. The maximum absolute atomic E-state index is 12.3. The minimum absolute atomic E-state index is 0.229. The number of imide groups is 1. The molecule has 0 spiro atoms. The fraction of sp³-hybridized carbons (Fsp3) is 0.463. The Kier molecular flexibility index (Phi) is 10.5. The van der Waals surface area contributed by atoms with Gasteiger partial charge in [-0.2, -0.15) is 15.0 Å². The Balaban J connectivity index is 0.805. The maximum atomic E-state index is 12.3. The van der Waals surface area contributed by atoms with Gasteiger partial charge in [-0.25, -0.2) is 19.4 Å². The van der Waals surface area contributed by atoms with E-state index in [-0.39, 0.29) is 18.0 Å². The first-order chi connectivity index (χ1) is 28.3. The van der Waals surface area contributed by atoms with Crippen molar-refractivity contribution in [1.82, 2.24) is 45.0 Å². The predicted molar refractivity (Wildman–Crippen MR) is 217 cm³/mol. The Labute approximate surface area is 336 Å². The molecule has 17 heteroatoms. The van der Waals surface area contributed by atoms with Crippen LogP contribution in [0.25, 0.3) is 22.5 Å². The molecule has 0 bridgehead atoms. The number of aromatic nitrogens is 7. The molecular formula is C41H48N14O3. The molecule has 3 saturated heterocycles. The van der Waals surface area contributed by atoms with Gasteiger partial charge in [0.05, 0.1) is 61.3 Å². The van der Waals surface area contributed by atoms with E-state index in [0.717, 1.165) is 86.4 Å². The van der Waals surface area contributed by atoms with Gasteiger partial charge in [-0.1, -0.05) is 5.21 Å². The number of hydrogen-bond acceptors (Lipinski definition) is 13. The first kappa shape index (κ1) is 37.6. The summed E-state index contributed by atoms with van der Waals surface area (Å²) in [4.78, 5) is 39.9. The minimum atomic E-state index is -0.452. The lowest BCUT2D eigenvalue weighted by Crippen LogP contribution is -2.59. The van der Waals surface area contributed by atoms with Gasteiger partial charge in [0.2, 0.25) is 5.91 Å². The number of ether oxygens (including phenoxy) is 1. The number of anilines is 3. The molecule has 9 rings (SSSR count). The van der Waals surface area contributed by atoms with E-state index in [2.05, 4.69) is 59.0 Å². The number of carbonyl (C=O) groups excluding carboxylic acids is 2. The summed E-state index contributed by atoms with van der Waals surface area (Å²) in [6.45, 7) is 7.00. The summed E-state index contributed by atoms with van der Waals surface area (Å²) in [5.41, 5.74) is 11.7. The van der Waals surface area contributed by atoms with Crippen LogP contribution >= 0.6 is 0 Å². The Hall–Kier alpha value is -5.96. The van der Waals surface area contributed by atoms with Crippen molar-refractivity contribution in [3.63, 3.8) is 0 Å². The van der Waals surface area contributed by atoms with Gasteiger partial charge in [0.1, 0.15) is 11.7 Å². The van der Waals surface area contributed by atoms with Gasteiger partial charge in [-0.05, 0) is 87.4 Å². The number of fused-ring (bicyclic) bond motifs is 2. The second kappa shape index (κ2) is 16.1. The quantitative estimate of drug-likeness (QED) is 0.174. The van der Waals surface area contributed by atoms with Gasteiger partial charge in [0.15, 0.2) is 11.5 Å². The minimum Gasteiger partial charge on any atom is -0.378 e. The fourth-order valence-electron chi connectivity index (χ4n) is 9.02. The van der Waals surface area contributed by atoms with Crippen molar-refractivity contribution in [2.45, 2.75) is 76.0 Å². The number of nitrogens with two attached hydrogens (primary N) is 1. The van der Waals surface area contributed by atoms with Crippen LogP contribution in [0.5, 0.6) is 0 Å². The maximum Gasteiger partial charge on any atom is 0.328 e. The number of rotatable bonds is 11. The normalized spacial score (nSPS) is 23.1. The molecule has 300 valence electrons. The van der Waals surface area contributed by atoms with E-state index in [1.165, 1.54) is 0 Å². The molecule has 1 aromatic carbocycles.